The predicted octanol–water partition coefficient (Wildman–Crippen LogP) is 3.57. The van der Waals surface area contributed by atoms with Gasteiger partial charge in [0, 0.05) is 11.6 Å². The van der Waals surface area contributed by atoms with Crippen molar-refractivity contribution >= 4 is 10.8 Å². The molecule has 2 unspecified atom stereocenters. The molecule has 21 heavy (non-hydrogen) atoms. The van der Waals surface area contributed by atoms with E-state index in [1.54, 1.807) is 0 Å². The van der Waals surface area contributed by atoms with Crippen molar-refractivity contribution in [2.75, 3.05) is 0 Å². The molecule has 3 aromatic rings. The Morgan fingerprint density at radius 2 is 1.76 bits per heavy atom. The van der Waals surface area contributed by atoms with Crippen molar-refractivity contribution in [3.8, 4) is 11.3 Å². The van der Waals surface area contributed by atoms with Gasteiger partial charge in [0.1, 0.15) is 6.10 Å². The third-order valence-corrected chi connectivity index (χ3v) is 4.31. The van der Waals surface area contributed by atoms with Crippen LogP contribution in [0.3, 0.4) is 0 Å². The first-order valence-corrected chi connectivity index (χ1v) is 7.14. The maximum Gasteiger partial charge on any atom is 0.221 e. The van der Waals surface area contributed by atoms with E-state index in [0.717, 1.165) is 16.8 Å². The number of fused-ring (bicyclic) bond motifs is 5. The van der Waals surface area contributed by atoms with E-state index >= 15 is 0 Å². The van der Waals surface area contributed by atoms with E-state index in [0.29, 0.717) is 0 Å². The molecular weight excluding hydrogens is 258 g/mol. The highest BCUT2D eigenvalue weighted by molar-refractivity contribution is 5.93. The quantitative estimate of drug-likeness (QED) is 0.532. The summed E-state index contributed by atoms with van der Waals surface area (Å²) in [4.78, 5) is 0. The Morgan fingerprint density at radius 3 is 2.62 bits per heavy atom. The lowest BCUT2D eigenvalue weighted by Crippen LogP contribution is -2.46. The summed E-state index contributed by atoms with van der Waals surface area (Å²) in [6, 6.07) is 18.4. The zero-order chi connectivity index (χ0) is 14.4. The van der Waals surface area contributed by atoms with Gasteiger partial charge in [-0.1, -0.05) is 43.0 Å². The molecule has 2 nitrogen and oxygen atoms in total. The second-order valence-electron chi connectivity index (χ2n) is 5.42. The van der Waals surface area contributed by atoms with Crippen LogP contribution in [0.2, 0.25) is 0 Å². The first-order valence-electron chi connectivity index (χ1n) is 7.14. The van der Waals surface area contributed by atoms with E-state index < -0.39 is 6.10 Å². The van der Waals surface area contributed by atoms with Crippen molar-refractivity contribution in [2.45, 2.75) is 12.1 Å². The molecule has 1 aliphatic heterocycles. The lowest BCUT2D eigenvalue weighted by molar-refractivity contribution is -0.711. The molecule has 2 aromatic carbocycles. The first kappa shape index (κ1) is 12.3. The monoisotopic (exact) mass is 274 g/mol. The molecule has 0 aliphatic carbocycles. The van der Waals surface area contributed by atoms with Gasteiger partial charge in [-0.15, -0.1) is 0 Å². The van der Waals surface area contributed by atoms with Crippen LogP contribution >= 0.6 is 0 Å². The number of hydrogen-bond acceptors (Lipinski definition) is 1. The molecule has 1 aliphatic rings. The van der Waals surface area contributed by atoms with Gasteiger partial charge in [-0.25, -0.2) is 0 Å². The third kappa shape index (κ3) is 1.66. The zero-order valence-corrected chi connectivity index (χ0v) is 11.6. The fourth-order valence-corrected chi connectivity index (χ4v) is 3.31. The van der Waals surface area contributed by atoms with Gasteiger partial charge in [-0.2, -0.15) is 4.57 Å². The summed E-state index contributed by atoms with van der Waals surface area (Å²) in [5.74, 6) is 0. The van der Waals surface area contributed by atoms with Gasteiger partial charge in [-0.3, -0.25) is 0 Å². The lowest BCUT2D eigenvalue weighted by Gasteiger charge is -2.25. The molecule has 2 heteroatoms. The number of rotatable bonds is 1. The fourth-order valence-electron chi connectivity index (χ4n) is 3.31. The number of benzene rings is 2. The molecule has 0 spiro atoms. The van der Waals surface area contributed by atoms with E-state index in [4.69, 9.17) is 0 Å². The van der Waals surface area contributed by atoms with Gasteiger partial charge in [-0.05, 0) is 23.6 Å². The highest BCUT2D eigenvalue weighted by Gasteiger charge is 2.37. The number of pyridine rings is 1. The van der Waals surface area contributed by atoms with Crippen LogP contribution in [0.25, 0.3) is 22.0 Å². The SMILES string of the molecule is C=CC1C(O)c2ccccc2-c2c3ccccc3cc[n+]21. The first-order chi connectivity index (χ1) is 10.3. The summed E-state index contributed by atoms with van der Waals surface area (Å²) in [5, 5.41) is 13.1. The van der Waals surface area contributed by atoms with Gasteiger partial charge in [0.25, 0.3) is 0 Å². The molecule has 4 rings (SSSR count). The molecule has 0 saturated carbocycles. The summed E-state index contributed by atoms with van der Waals surface area (Å²) in [6.07, 6.45) is 3.31. The molecule has 0 fully saturated rings. The van der Waals surface area contributed by atoms with Gasteiger partial charge in [0.15, 0.2) is 6.20 Å². The van der Waals surface area contributed by atoms with Gasteiger partial charge >= 0.3 is 0 Å². The molecule has 0 bridgehead atoms. The Labute approximate surface area is 123 Å². The largest absolute Gasteiger partial charge is 0.381 e. The lowest BCUT2D eigenvalue weighted by atomic mass is 9.88. The summed E-state index contributed by atoms with van der Waals surface area (Å²) in [5.41, 5.74) is 3.22. The number of aliphatic hydroxyl groups excluding tert-OH is 1. The highest BCUT2D eigenvalue weighted by atomic mass is 16.3. The Morgan fingerprint density at radius 1 is 1.00 bits per heavy atom. The summed E-state index contributed by atoms with van der Waals surface area (Å²) in [6.45, 7) is 3.91. The zero-order valence-electron chi connectivity index (χ0n) is 11.6. The topological polar surface area (TPSA) is 24.1 Å². The van der Waals surface area contributed by atoms with Crippen LogP contribution in [0.1, 0.15) is 17.7 Å². The number of aromatic nitrogens is 1. The Hall–Kier alpha value is -2.45. The Balaban J connectivity index is 2.16. The second-order valence-corrected chi connectivity index (χ2v) is 5.42. The second kappa shape index (κ2) is 4.54. The number of nitrogens with zero attached hydrogens (tertiary/aromatic N) is 1. The average Bonchev–Trinajstić information content (AvgIpc) is 2.55. The number of aliphatic hydroxyl groups is 1. The van der Waals surface area contributed by atoms with Crippen LogP contribution in [-0.2, 0) is 0 Å². The normalized spacial score (nSPS) is 19.9. The van der Waals surface area contributed by atoms with E-state index in [1.807, 2.05) is 36.5 Å². The van der Waals surface area contributed by atoms with Crippen molar-refractivity contribution in [3.05, 3.63) is 79.0 Å². The van der Waals surface area contributed by atoms with Crippen LogP contribution < -0.4 is 4.57 Å². The van der Waals surface area contributed by atoms with E-state index in [2.05, 4.69) is 41.5 Å². The minimum absolute atomic E-state index is 0.139. The van der Waals surface area contributed by atoms with Crippen molar-refractivity contribution in [3.63, 3.8) is 0 Å². The molecular formula is C19H16NO+. The molecule has 1 aromatic heterocycles. The minimum atomic E-state index is -0.558. The van der Waals surface area contributed by atoms with Gasteiger partial charge < -0.3 is 5.11 Å². The van der Waals surface area contributed by atoms with E-state index in [-0.39, 0.29) is 6.04 Å². The van der Waals surface area contributed by atoms with Gasteiger partial charge in [0.2, 0.25) is 11.7 Å². The van der Waals surface area contributed by atoms with Crippen LogP contribution in [-0.4, -0.2) is 5.11 Å². The van der Waals surface area contributed by atoms with Crippen LogP contribution in [0, 0.1) is 0 Å². The highest BCUT2D eigenvalue weighted by Crippen LogP contribution is 2.39. The third-order valence-electron chi connectivity index (χ3n) is 4.31. The molecule has 0 saturated heterocycles. The van der Waals surface area contributed by atoms with E-state index in [1.165, 1.54) is 10.8 Å². The summed E-state index contributed by atoms with van der Waals surface area (Å²) < 4.78 is 2.13. The molecule has 2 atom stereocenters. The van der Waals surface area contributed by atoms with Crippen LogP contribution in [0.15, 0.2) is 73.4 Å². The predicted molar refractivity (Wildman–Crippen MR) is 83.8 cm³/mol. The fraction of sp³-hybridized carbons (Fsp3) is 0.105. The maximum absolute atomic E-state index is 10.6. The molecule has 2 heterocycles. The van der Waals surface area contributed by atoms with Gasteiger partial charge in [0.05, 0.1) is 10.9 Å². The van der Waals surface area contributed by atoms with Crippen molar-refractivity contribution in [2.24, 2.45) is 0 Å². The maximum atomic E-state index is 10.6. The summed E-state index contributed by atoms with van der Waals surface area (Å²) in [7, 11) is 0. The standard InChI is InChI=1S/C19H16NO/c1-2-17-19(21)16-10-6-5-9-15(16)18-14-8-4-3-7-13(14)11-12-20(17)18/h2-12,17,19,21H,1H2/q+1. The van der Waals surface area contributed by atoms with Crippen molar-refractivity contribution < 1.29 is 9.67 Å². The molecule has 102 valence electrons. The van der Waals surface area contributed by atoms with Crippen LogP contribution in [0.4, 0.5) is 0 Å². The van der Waals surface area contributed by atoms with Crippen LogP contribution in [0.5, 0.6) is 0 Å². The minimum Gasteiger partial charge on any atom is -0.381 e. The molecule has 0 radical (unpaired) electrons. The number of hydrogen-bond donors (Lipinski definition) is 1. The summed E-state index contributed by atoms with van der Waals surface area (Å²) >= 11 is 0. The Bertz CT molecular complexity index is 853. The smallest absolute Gasteiger partial charge is 0.221 e. The Kier molecular flexibility index (Phi) is 2.66. The van der Waals surface area contributed by atoms with E-state index in [9.17, 15) is 5.11 Å². The molecule has 0 amide bonds. The average molecular weight is 274 g/mol. The molecule has 1 N–H and O–H groups in total. The van der Waals surface area contributed by atoms with Crippen molar-refractivity contribution in [1.29, 1.82) is 0 Å². The van der Waals surface area contributed by atoms with Crippen molar-refractivity contribution in [1.82, 2.24) is 0 Å².